The van der Waals surface area contributed by atoms with Crippen molar-refractivity contribution in [2.24, 2.45) is 11.3 Å². The number of carboxylic acids is 1. The van der Waals surface area contributed by atoms with Crippen molar-refractivity contribution in [1.29, 1.82) is 0 Å². The molecule has 0 aliphatic carbocycles. The largest absolute Gasteiger partial charge is 0.481 e. The van der Waals surface area contributed by atoms with E-state index in [1.54, 1.807) is 0 Å². The van der Waals surface area contributed by atoms with Crippen molar-refractivity contribution in [3.63, 3.8) is 0 Å². The van der Waals surface area contributed by atoms with E-state index in [1.165, 1.54) is 0 Å². The third-order valence-electron chi connectivity index (χ3n) is 1.81. The molecule has 12 heavy (non-hydrogen) atoms. The Bertz CT molecular complexity index is 146. The summed E-state index contributed by atoms with van der Waals surface area (Å²) >= 11 is 0. The lowest BCUT2D eigenvalue weighted by atomic mass is 9.87. The summed E-state index contributed by atoms with van der Waals surface area (Å²) < 4.78 is 0. The molecule has 0 radical (unpaired) electrons. The van der Waals surface area contributed by atoms with Crippen LogP contribution >= 0.6 is 0 Å². The zero-order valence-corrected chi connectivity index (χ0v) is 8.00. The van der Waals surface area contributed by atoms with E-state index in [-0.39, 0.29) is 12.0 Å². The number of carboxylic acid groups (broad SMARTS) is 1. The molecule has 3 heteroatoms. The number of hydrogen-bond donors (Lipinski definition) is 2. The molecule has 0 heterocycles. The van der Waals surface area contributed by atoms with E-state index >= 15 is 0 Å². The van der Waals surface area contributed by atoms with Gasteiger partial charge in [-0.1, -0.05) is 20.8 Å². The van der Waals surface area contributed by atoms with Crippen LogP contribution in [0.15, 0.2) is 0 Å². The first-order chi connectivity index (χ1) is 5.37. The molecule has 0 amide bonds. The summed E-state index contributed by atoms with van der Waals surface area (Å²) in [6, 6.07) is 0. The van der Waals surface area contributed by atoms with E-state index < -0.39 is 11.9 Å². The van der Waals surface area contributed by atoms with Gasteiger partial charge < -0.3 is 10.2 Å². The van der Waals surface area contributed by atoms with Gasteiger partial charge in [-0.25, -0.2) is 0 Å². The molecule has 0 aliphatic heterocycles. The monoisotopic (exact) mass is 174 g/mol. The van der Waals surface area contributed by atoms with Gasteiger partial charge in [0.05, 0.1) is 12.5 Å². The normalized spacial score (nSPS) is 14.3. The molecule has 0 saturated carbocycles. The molecule has 0 aromatic rings. The highest BCUT2D eigenvalue weighted by molar-refractivity contribution is 5.69. The van der Waals surface area contributed by atoms with Gasteiger partial charge in [-0.15, -0.1) is 0 Å². The van der Waals surface area contributed by atoms with Gasteiger partial charge in [-0.05, 0) is 18.3 Å². The summed E-state index contributed by atoms with van der Waals surface area (Å²) in [5.41, 5.74) is 0.142. The van der Waals surface area contributed by atoms with E-state index in [1.807, 2.05) is 0 Å². The Morgan fingerprint density at radius 2 is 1.92 bits per heavy atom. The Labute approximate surface area is 73.4 Å². The lowest BCUT2D eigenvalue weighted by molar-refractivity contribution is -0.143. The quantitative estimate of drug-likeness (QED) is 0.679. The first kappa shape index (κ1) is 11.4. The number of aliphatic hydroxyl groups is 1. The molecule has 0 bridgehead atoms. The summed E-state index contributed by atoms with van der Waals surface area (Å²) in [4.78, 5) is 10.5. The Balaban J connectivity index is 3.81. The summed E-state index contributed by atoms with van der Waals surface area (Å²) in [7, 11) is 0. The van der Waals surface area contributed by atoms with Gasteiger partial charge in [0.15, 0.2) is 0 Å². The van der Waals surface area contributed by atoms with Gasteiger partial charge in [0.1, 0.15) is 0 Å². The van der Waals surface area contributed by atoms with Crippen LogP contribution in [0.3, 0.4) is 0 Å². The van der Waals surface area contributed by atoms with Crippen molar-refractivity contribution >= 4 is 5.97 Å². The third-order valence-corrected chi connectivity index (χ3v) is 1.81. The molecule has 1 atom stereocenters. The first-order valence-corrected chi connectivity index (χ1v) is 4.20. The molecule has 0 fully saturated rings. The predicted octanol–water partition coefficient (Wildman–Crippen LogP) is 1.51. The first-order valence-electron chi connectivity index (χ1n) is 4.20. The lowest BCUT2D eigenvalue weighted by Gasteiger charge is -2.19. The van der Waals surface area contributed by atoms with Crippen LogP contribution in [0.1, 0.15) is 33.6 Å². The second kappa shape index (κ2) is 4.45. The molecule has 0 spiro atoms. The van der Waals surface area contributed by atoms with Crippen molar-refractivity contribution in [2.45, 2.75) is 33.6 Å². The number of carbonyl (C=O) groups is 1. The molecular formula is C9H18O3. The van der Waals surface area contributed by atoms with Crippen molar-refractivity contribution in [2.75, 3.05) is 6.61 Å². The fraction of sp³-hybridized carbons (Fsp3) is 0.889. The van der Waals surface area contributed by atoms with Crippen LogP contribution in [0.25, 0.3) is 0 Å². The zero-order valence-electron chi connectivity index (χ0n) is 8.00. The fourth-order valence-electron chi connectivity index (χ4n) is 0.900. The number of hydrogen-bond acceptors (Lipinski definition) is 2. The fourth-order valence-corrected chi connectivity index (χ4v) is 0.900. The summed E-state index contributed by atoms with van der Waals surface area (Å²) in [6.45, 7) is 5.92. The SMILES string of the molecule is CC(C)(C)CCC(CO)C(=O)O. The molecule has 2 N–H and O–H groups in total. The minimum absolute atomic E-state index is 0.142. The lowest BCUT2D eigenvalue weighted by Crippen LogP contribution is -2.20. The van der Waals surface area contributed by atoms with Gasteiger partial charge in [0.2, 0.25) is 0 Å². The molecule has 72 valence electrons. The molecular weight excluding hydrogens is 156 g/mol. The number of aliphatic carboxylic acids is 1. The van der Waals surface area contributed by atoms with Gasteiger partial charge >= 0.3 is 5.97 Å². The zero-order chi connectivity index (χ0) is 9.78. The van der Waals surface area contributed by atoms with Crippen LogP contribution in [0.5, 0.6) is 0 Å². The highest BCUT2D eigenvalue weighted by Gasteiger charge is 2.19. The van der Waals surface area contributed by atoms with Crippen LogP contribution < -0.4 is 0 Å². The molecule has 0 rings (SSSR count). The second-order valence-electron chi connectivity index (χ2n) is 4.32. The average Bonchev–Trinajstić information content (AvgIpc) is 1.85. The van der Waals surface area contributed by atoms with Crippen LogP contribution in [0.2, 0.25) is 0 Å². The highest BCUT2D eigenvalue weighted by Crippen LogP contribution is 2.23. The maximum atomic E-state index is 10.5. The van der Waals surface area contributed by atoms with Crippen molar-refractivity contribution in [1.82, 2.24) is 0 Å². The van der Waals surface area contributed by atoms with E-state index in [9.17, 15) is 4.79 Å². The van der Waals surface area contributed by atoms with Gasteiger partial charge in [-0.3, -0.25) is 4.79 Å². The minimum Gasteiger partial charge on any atom is -0.481 e. The van der Waals surface area contributed by atoms with Gasteiger partial charge in [0, 0.05) is 0 Å². The highest BCUT2D eigenvalue weighted by atomic mass is 16.4. The van der Waals surface area contributed by atoms with Crippen molar-refractivity contribution in [3.8, 4) is 0 Å². The van der Waals surface area contributed by atoms with Gasteiger partial charge in [0.25, 0.3) is 0 Å². The Morgan fingerprint density at radius 1 is 1.42 bits per heavy atom. The molecule has 1 unspecified atom stereocenters. The third kappa shape index (κ3) is 5.13. The molecule has 0 aliphatic rings. The van der Waals surface area contributed by atoms with Crippen LogP contribution in [0, 0.1) is 11.3 Å². The van der Waals surface area contributed by atoms with Crippen LogP contribution in [0.4, 0.5) is 0 Å². The summed E-state index contributed by atoms with van der Waals surface area (Å²) in [5.74, 6) is -1.49. The van der Waals surface area contributed by atoms with Gasteiger partial charge in [-0.2, -0.15) is 0 Å². The molecule has 0 aromatic carbocycles. The average molecular weight is 174 g/mol. The standard InChI is InChI=1S/C9H18O3/c1-9(2,3)5-4-7(6-10)8(11)12/h7,10H,4-6H2,1-3H3,(H,11,12). The van der Waals surface area contributed by atoms with Crippen molar-refractivity contribution < 1.29 is 15.0 Å². The van der Waals surface area contributed by atoms with E-state index in [0.717, 1.165) is 6.42 Å². The molecule has 3 nitrogen and oxygen atoms in total. The maximum absolute atomic E-state index is 10.5. The smallest absolute Gasteiger partial charge is 0.308 e. The number of rotatable bonds is 4. The van der Waals surface area contributed by atoms with E-state index in [2.05, 4.69) is 20.8 Å². The van der Waals surface area contributed by atoms with Crippen LogP contribution in [-0.4, -0.2) is 22.8 Å². The summed E-state index contributed by atoms with van der Waals surface area (Å²) in [5, 5.41) is 17.3. The van der Waals surface area contributed by atoms with E-state index in [4.69, 9.17) is 10.2 Å². The number of aliphatic hydroxyl groups excluding tert-OH is 1. The van der Waals surface area contributed by atoms with E-state index in [0.29, 0.717) is 6.42 Å². The molecule has 0 aromatic heterocycles. The van der Waals surface area contributed by atoms with Crippen LogP contribution in [-0.2, 0) is 4.79 Å². The molecule has 0 saturated heterocycles. The Hall–Kier alpha value is -0.570. The predicted molar refractivity (Wildman–Crippen MR) is 46.9 cm³/mol. The Morgan fingerprint density at radius 3 is 2.17 bits per heavy atom. The van der Waals surface area contributed by atoms with Crippen molar-refractivity contribution in [3.05, 3.63) is 0 Å². The summed E-state index contributed by atoms with van der Waals surface area (Å²) in [6.07, 6.45) is 1.37. The minimum atomic E-state index is -0.901. The topological polar surface area (TPSA) is 57.5 Å². The maximum Gasteiger partial charge on any atom is 0.308 e. The Kier molecular flexibility index (Phi) is 4.24. The second-order valence-corrected chi connectivity index (χ2v) is 4.32.